The highest BCUT2D eigenvalue weighted by molar-refractivity contribution is 5.41. The van der Waals surface area contributed by atoms with E-state index in [1.807, 2.05) is 55.1 Å². The van der Waals surface area contributed by atoms with Crippen LogP contribution in [0.5, 0.6) is 0 Å². The van der Waals surface area contributed by atoms with Gasteiger partial charge in [-0.2, -0.15) is 5.10 Å². The second-order valence-electron chi connectivity index (χ2n) is 3.88. The molecule has 0 aliphatic carbocycles. The van der Waals surface area contributed by atoms with Crippen molar-refractivity contribution >= 4 is 0 Å². The van der Waals surface area contributed by atoms with E-state index >= 15 is 0 Å². The minimum Gasteiger partial charge on any atom is -0.388 e. The first kappa shape index (κ1) is 10.9. The predicted molar refractivity (Wildman–Crippen MR) is 63.6 cm³/mol. The van der Waals surface area contributed by atoms with E-state index in [4.69, 9.17) is 0 Å². The van der Waals surface area contributed by atoms with E-state index in [1.165, 1.54) is 0 Å². The van der Waals surface area contributed by atoms with E-state index in [9.17, 15) is 5.11 Å². The van der Waals surface area contributed by atoms with Crippen LogP contribution in [-0.2, 0) is 0 Å². The number of nitrogens with zero attached hydrogens (tertiary/aromatic N) is 2. The van der Waals surface area contributed by atoms with Crippen molar-refractivity contribution in [3.05, 3.63) is 47.8 Å². The summed E-state index contributed by atoms with van der Waals surface area (Å²) >= 11 is 0. The zero-order valence-corrected chi connectivity index (χ0v) is 9.59. The zero-order chi connectivity index (χ0) is 11.5. The van der Waals surface area contributed by atoms with Crippen molar-refractivity contribution in [1.82, 2.24) is 9.78 Å². The van der Waals surface area contributed by atoms with Crippen molar-refractivity contribution < 1.29 is 5.11 Å². The molecule has 0 aliphatic heterocycles. The topological polar surface area (TPSA) is 38.0 Å². The number of hydrogen-bond acceptors (Lipinski definition) is 2. The molecule has 0 amide bonds. The molecule has 1 aromatic carbocycles. The second-order valence-corrected chi connectivity index (χ2v) is 3.88. The van der Waals surface area contributed by atoms with E-state index < -0.39 is 6.10 Å². The standard InChI is InChI=1S/C13H16N2O/c1-3-13(16)11-6-4-5-7-12(11)15-9-8-10(2)14-15/h4-9,13,16H,3H2,1-2H3/t13-/m1/s1. The molecule has 2 aromatic rings. The third kappa shape index (κ3) is 1.99. The van der Waals surface area contributed by atoms with Crippen LogP contribution in [0.4, 0.5) is 0 Å². The van der Waals surface area contributed by atoms with Gasteiger partial charge in [0.15, 0.2) is 0 Å². The van der Waals surface area contributed by atoms with Gasteiger partial charge in [-0.1, -0.05) is 25.1 Å². The normalized spacial score (nSPS) is 12.7. The van der Waals surface area contributed by atoms with Gasteiger partial charge in [0.2, 0.25) is 0 Å². The van der Waals surface area contributed by atoms with Gasteiger partial charge in [0.25, 0.3) is 0 Å². The van der Waals surface area contributed by atoms with Crippen LogP contribution in [0.25, 0.3) is 5.69 Å². The Morgan fingerprint density at radius 2 is 2.06 bits per heavy atom. The molecule has 0 unspecified atom stereocenters. The highest BCUT2D eigenvalue weighted by atomic mass is 16.3. The van der Waals surface area contributed by atoms with Crippen molar-refractivity contribution in [3.63, 3.8) is 0 Å². The summed E-state index contributed by atoms with van der Waals surface area (Å²) in [5.74, 6) is 0. The maximum absolute atomic E-state index is 9.94. The van der Waals surface area contributed by atoms with Gasteiger partial charge >= 0.3 is 0 Å². The van der Waals surface area contributed by atoms with Crippen molar-refractivity contribution in [2.45, 2.75) is 26.4 Å². The molecular weight excluding hydrogens is 200 g/mol. The summed E-state index contributed by atoms with van der Waals surface area (Å²) in [6.07, 6.45) is 2.19. The maximum Gasteiger partial charge on any atom is 0.0808 e. The molecule has 0 saturated heterocycles. The van der Waals surface area contributed by atoms with Gasteiger partial charge in [-0.25, -0.2) is 4.68 Å². The minimum absolute atomic E-state index is 0.430. The smallest absolute Gasteiger partial charge is 0.0808 e. The molecule has 2 rings (SSSR count). The second kappa shape index (κ2) is 4.49. The van der Waals surface area contributed by atoms with E-state index in [1.54, 1.807) is 0 Å². The Morgan fingerprint density at radius 3 is 2.69 bits per heavy atom. The predicted octanol–water partition coefficient (Wildman–Crippen LogP) is 2.62. The van der Waals surface area contributed by atoms with Crippen LogP contribution in [0.1, 0.15) is 30.7 Å². The first-order valence-electron chi connectivity index (χ1n) is 5.52. The molecule has 0 saturated carbocycles. The number of hydrogen-bond donors (Lipinski definition) is 1. The van der Waals surface area contributed by atoms with Crippen LogP contribution >= 0.6 is 0 Å². The van der Waals surface area contributed by atoms with Gasteiger partial charge in [0.1, 0.15) is 0 Å². The molecule has 0 bridgehead atoms. The van der Waals surface area contributed by atoms with Gasteiger partial charge < -0.3 is 5.11 Å². The highest BCUT2D eigenvalue weighted by Gasteiger charge is 2.11. The van der Waals surface area contributed by atoms with Crippen molar-refractivity contribution in [3.8, 4) is 5.69 Å². The summed E-state index contributed by atoms with van der Waals surface area (Å²) in [5, 5.41) is 14.3. The molecule has 0 fully saturated rings. The zero-order valence-electron chi connectivity index (χ0n) is 9.59. The number of benzene rings is 1. The lowest BCUT2D eigenvalue weighted by molar-refractivity contribution is 0.173. The molecule has 16 heavy (non-hydrogen) atoms. The summed E-state index contributed by atoms with van der Waals surface area (Å²) in [4.78, 5) is 0. The van der Waals surface area contributed by atoms with Crippen LogP contribution in [0.2, 0.25) is 0 Å². The van der Waals surface area contributed by atoms with E-state index in [0.717, 1.165) is 16.9 Å². The summed E-state index contributed by atoms with van der Waals surface area (Å²) in [6, 6.07) is 9.77. The van der Waals surface area contributed by atoms with Gasteiger partial charge in [-0.05, 0) is 25.5 Å². The number of aromatic nitrogens is 2. The van der Waals surface area contributed by atoms with Crippen molar-refractivity contribution in [2.75, 3.05) is 0 Å². The van der Waals surface area contributed by atoms with E-state index in [2.05, 4.69) is 5.10 Å². The Bertz CT molecular complexity index is 476. The van der Waals surface area contributed by atoms with Crippen LogP contribution in [-0.4, -0.2) is 14.9 Å². The van der Waals surface area contributed by atoms with Crippen molar-refractivity contribution in [2.24, 2.45) is 0 Å². The van der Waals surface area contributed by atoms with Gasteiger partial charge in [-0.15, -0.1) is 0 Å². The summed E-state index contributed by atoms with van der Waals surface area (Å²) in [7, 11) is 0. The Morgan fingerprint density at radius 1 is 1.31 bits per heavy atom. The number of aliphatic hydroxyl groups is 1. The molecule has 3 nitrogen and oxygen atoms in total. The number of aryl methyl sites for hydroxylation is 1. The van der Waals surface area contributed by atoms with Crippen LogP contribution < -0.4 is 0 Å². The largest absolute Gasteiger partial charge is 0.388 e. The quantitative estimate of drug-likeness (QED) is 0.856. The van der Waals surface area contributed by atoms with E-state index in [-0.39, 0.29) is 0 Å². The average Bonchev–Trinajstić information content (AvgIpc) is 2.75. The third-order valence-corrected chi connectivity index (χ3v) is 2.65. The Labute approximate surface area is 95.3 Å². The van der Waals surface area contributed by atoms with Crippen molar-refractivity contribution in [1.29, 1.82) is 0 Å². The Kier molecular flexibility index (Phi) is 3.06. The molecule has 0 radical (unpaired) electrons. The van der Waals surface area contributed by atoms with Crippen LogP contribution in [0.3, 0.4) is 0 Å². The first-order valence-corrected chi connectivity index (χ1v) is 5.52. The van der Waals surface area contributed by atoms with E-state index in [0.29, 0.717) is 6.42 Å². The minimum atomic E-state index is -0.430. The number of aliphatic hydroxyl groups excluding tert-OH is 1. The fourth-order valence-corrected chi connectivity index (χ4v) is 1.75. The van der Waals surface area contributed by atoms with Crippen LogP contribution in [0.15, 0.2) is 36.5 Å². The van der Waals surface area contributed by atoms with Gasteiger partial charge in [-0.3, -0.25) is 0 Å². The molecule has 1 N–H and O–H groups in total. The molecule has 0 aliphatic rings. The van der Waals surface area contributed by atoms with Gasteiger partial charge in [0.05, 0.1) is 17.5 Å². The highest BCUT2D eigenvalue weighted by Crippen LogP contribution is 2.23. The first-order chi connectivity index (χ1) is 7.72. The average molecular weight is 216 g/mol. The molecular formula is C13H16N2O. The molecule has 3 heteroatoms. The number of para-hydroxylation sites is 1. The molecule has 0 spiro atoms. The Balaban J connectivity index is 2.48. The Hall–Kier alpha value is -1.61. The lowest BCUT2D eigenvalue weighted by atomic mass is 10.1. The molecule has 1 atom stereocenters. The monoisotopic (exact) mass is 216 g/mol. The lowest BCUT2D eigenvalue weighted by Gasteiger charge is -2.13. The summed E-state index contributed by atoms with van der Waals surface area (Å²) in [6.45, 7) is 3.92. The molecule has 84 valence electrons. The summed E-state index contributed by atoms with van der Waals surface area (Å²) in [5.41, 5.74) is 2.85. The maximum atomic E-state index is 9.94. The molecule has 1 aromatic heterocycles. The molecule has 1 heterocycles. The fourth-order valence-electron chi connectivity index (χ4n) is 1.75. The number of rotatable bonds is 3. The fraction of sp³-hybridized carbons (Fsp3) is 0.308. The summed E-state index contributed by atoms with van der Waals surface area (Å²) < 4.78 is 1.81. The lowest BCUT2D eigenvalue weighted by Crippen LogP contribution is -2.04. The third-order valence-electron chi connectivity index (χ3n) is 2.65. The van der Waals surface area contributed by atoms with Crippen LogP contribution in [0, 0.1) is 6.92 Å². The SMILES string of the molecule is CC[C@@H](O)c1ccccc1-n1ccc(C)n1. The van der Waals surface area contributed by atoms with Gasteiger partial charge in [0, 0.05) is 11.8 Å².